The van der Waals surface area contributed by atoms with E-state index >= 15 is 0 Å². The summed E-state index contributed by atoms with van der Waals surface area (Å²) < 4.78 is 0. The number of rotatable bonds is 6. The second-order valence-corrected chi connectivity index (χ2v) is 6.29. The third-order valence-corrected chi connectivity index (χ3v) is 3.52. The first-order chi connectivity index (χ1) is 9.31. The Balaban J connectivity index is 0.00000400. The van der Waals surface area contributed by atoms with Gasteiger partial charge < -0.3 is 11.1 Å². The summed E-state index contributed by atoms with van der Waals surface area (Å²) in [6, 6.07) is 7.96. The molecule has 120 valence electrons. The fourth-order valence-corrected chi connectivity index (χ4v) is 2.19. The summed E-state index contributed by atoms with van der Waals surface area (Å²) >= 11 is 0. The fourth-order valence-electron chi connectivity index (χ4n) is 2.19. The Kier molecular flexibility index (Phi) is 8.60. The standard InChI is InChI=1S/C17H28N2O.ClH/c1-11(2)10-16(18)17(20)19-13(5)15-8-6-14(7-9-15)12(3)4;/h6-9,11-13,16H,10,18H2,1-5H3,(H,19,20);1H/t13?,16-;/m0./s1. The summed E-state index contributed by atoms with van der Waals surface area (Å²) in [7, 11) is 0. The summed E-state index contributed by atoms with van der Waals surface area (Å²) in [5.74, 6) is 0.879. The molecule has 3 N–H and O–H groups in total. The topological polar surface area (TPSA) is 55.1 Å². The first-order valence-corrected chi connectivity index (χ1v) is 7.47. The normalized spacial score (nSPS) is 13.7. The van der Waals surface area contributed by atoms with E-state index in [1.54, 1.807) is 0 Å². The highest BCUT2D eigenvalue weighted by atomic mass is 35.5. The predicted octanol–water partition coefficient (Wildman–Crippen LogP) is 3.78. The number of benzene rings is 1. The van der Waals surface area contributed by atoms with Gasteiger partial charge in [0.05, 0.1) is 12.1 Å². The largest absolute Gasteiger partial charge is 0.348 e. The molecule has 0 aliphatic heterocycles. The molecule has 4 heteroatoms. The van der Waals surface area contributed by atoms with Gasteiger partial charge in [-0.2, -0.15) is 0 Å². The number of halogens is 1. The predicted molar refractivity (Wildman–Crippen MR) is 91.8 cm³/mol. The maximum atomic E-state index is 12.0. The molecule has 3 nitrogen and oxygen atoms in total. The highest BCUT2D eigenvalue weighted by molar-refractivity contribution is 5.85. The highest BCUT2D eigenvalue weighted by Crippen LogP contribution is 2.18. The minimum Gasteiger partial charge on any atom is -0.348 e. The number of hydrogen-bond acceptors (Lipinski definition) is 2. The Morgan fingerprint density at radius 1 is 1.05 bits per heavy atom. The van der Waals surface area contributed by atoms with E-state index in [0.29, 0.717) is 18.3 Å². The van der Waals surface area contributed by atoms with E-state index in [9.17, 15) is 4.79 Å². The maximum Gasteiger partial charge on any atom is 0.237 e. The Morgan fingerprint density at radius 3 is 1.95 bits per heavy atom. The van der Waals surface area contributed by atoms with Crippen LogP contribution in [0.4, 0.5) is 0 Å². The van der Waals surface area contributed by atoms with Crippen molar-refractivity contribution in [3.63, 3.8) is 0 Å². The molecule has 1 rings (SSSR count). The number of nitrogens with one attached hydrogen (secondary N) is 1. The van der Waals surface area contributed by atoms with Gasteiger partial charge in [0.15, 0.2) is 0 Å². The van der Waals surface area contributed by atoms with Crippen molar-refractivity contribution in [1.29, 1.82) is 0 Å². The van der Waals surface area contributed by atoms with Crippen LogP contribution in [0.15, 0.2) is 24.3 Å². The molecular weight excluding hydrogens is 284 g/mol. The lowest BCUT2D eigenvalue weighted by Gasteiger charge is -2.19. The van der Waals surface area contributed by atoms with Crippen LogP contribution >= 0.6 is 12.4 Å². The van der Waals surface area contributed by atoms with Gasteiger partial charge in [-0.05, 0) is 36.3 Å². The zero-order chi connectivity index (χ0) is 15.3. The molecule has 1 aromatic rings. The van der Waals surface area contributed by atoms with Gasteiger partial charge in [0.2, 0.25) is 5.91 Å². The molecule has 2 atom stereocenters. The lowest BCUT2D eigenvalue weighted by atomic mass is 9.99. The van der Waals surface area contributed by atoms with Gasteiger partial charge in [0.1, 0.15) is 0 Å². The fraction of sp³-hybridized carbons (Fsp3) is 0.588. The summed E-state index contributed by atoms with van der Waals surface area (Å²) in [5.41, 5.74) is 8.32. The summed E-state index contributed by atoms with van der Waals surface area (Å²) in [6.07, 6.45) is 0.713. The summed E-state index contributed by atoms with van der Waals surface area (Å²) in [5, 5.41) is 2.99. The molecule has 0 saturated carbocycles. The van der Waals surface area contributed by atoms with Gasteiger partial charge in [0.25, 0.3) is 0 Å². The number of carbonyl (C=O) groups is 1. The molecule has 0 aromatic heterocycles. The monoisotopic (exact) mass is 312 g/mol. The zero-order valence-corrected chi connectivity index (χ0v) is 14.5. The lowest BCUT2D eigenvalue weighted by Crippen LogP contribution is -2.42. The van der Waals surface area contributed by atoms with E-state index in [1.807, 2.05) is 6.92 Å². The first-order valence-electron chi connectivity index (χ1n) is 7.47. The van der Waals surface area contributed by atoms with Crippen molar-refractivity contribution < 1.29 is 4.79 Å². The number of amides is 1. The van der Waals surface area contributed by atoms with Gasteiger partial charge >= 0.3 is 0 Å². The summed E-state index contributed by atoms with van der Waals surface area (Å²) in [6.45, 7) is 10.5. The molecule has 0 radical (unpaired) electrons. The number of nitrogens with two attached hydrogens (primary N) is 1. The molecule has 1 aromatic carbocycles. The minimum atomic E-state index is -0.424. The Morgan fingerprint density at radius 2 is 1.52 bits per heavy atom. The highest BCUT2D eigenvalue weighted by Gasteiger charge is 2.17. The number of carbonyl (C=O) groups excluding carboxylic acids is 1. The molecule has 21 heavy (non-hydrogen) atoms. The van der Waals surface area contributed by atoms with Crippen molar-refractivity contribution in [2.24, 2.45) is 11.7 Å². The third-order valence-electron chi connectivity index (χ3n) is 3.52. The molecule has 0 fully saturated rings. The molecule has 0 spiro atoms. The van der Waals surface area contributed by atoms with Crippen LogP contribution in [0.2, 0.25) is 0 Å². The molecule has 0 aliphatic carbocycles. The van der Waals surface area contributed by atoms with Crippen LogP contribution in [0.25, 0.3) is 0 Å². The van der Waals surface area contributed by atoms with E-state index in [0.717, 1.165) is 5.56 Å². The van der Waals surface area contributed by atoms with Gasteiger partial charge in [-0.3, -0.25) is 4.79 Å². The second-order valence-electron chi connectivity index (χ2n) is 6.29. The molecule has 0 heterocycles. The van der Waals surface area contributed by atoms with E-state index in [1.165, 1.54) is 5.56 Å². The first kappa shape index (κ1) is 19.9. The molecule has 0 bridgehead atoms. The molecule has 1 amide bonds. The van der Waals surface area contributed by atoms with Crippen molar-refractivity contribution >= 4 is 18.3 Å². The van der Waals surface area contributed by atoms with Crippen LogP contribution in [-0.4, -0.2) is 11.9 Å². The summed E-state index contributed by atoms with van der Waals surface area (Å²) in [4.78, 5) is 12.0. The Bertz CT molecular complexity index is 429. The quantitative estimate of drug-likeness (QED) is 0.840. The van der Waals surface area contributed by atoms with Crippen molar-refractivity contribution in [2.45, 2.75) is 59.0 Å². The SMILES string of the molecule is CC(C)C[C@H](N)C(=O)NC(C)c1ccc(C(C)C)cc1.Cl. The van der Waals surface area contributed by atoms with E-state index < -0.39 is 6.04 Å². The van der Waals surface area contributed by atoms with E-state index in [4.69, 9.17) is 5.73 Å². The van der Waals surface area contributed by atoms with Crippen molar-refractivity contribution in [3.05, 3.63) is 35.4 Å². The van der Waals surface area contributed by atoms with Gasteiger partial charge in [-0.15, -0.1) is 12.4 Å². The molecular formula is C17H29ClN2O. The van der Waals surface area contributed by atoms with Crippen LogP contribution < -0.4 is 11.1 Å². The Hall–Kier alpha value is -1.06. The second kappa shape index (κ2) is 9.06. The van der Waals surface area contributed by atoms with Crippen LogP contribution in [-0.2, 0) is 4.79 Å². The smallest absolute Gasteiger partial charge is 0.237 e. The van der Waals surface area contributed by atoms with E-state index in [-0.39, 0.29) is 24.4 Å². The van der Waals surface area contributed by atoms with Gasteiger partial charge in [-0.25, -0.2) is 0 Å². The average Bonchev–Trinajstić information content (AvgIpc) is 2.37. The van der Waals surface area contributed by atoms with Crippen molar-refractivity contribution in [3.8, 4) is 0 Å². The van der Waals surface area contributed by atoms with Gasteiger partial charge in [0, 0.05) is 0 Å². The molecule has 0 saturated heterocycles. The Labute approximate surface area is 135 Å². The van der Waals surface area contributed by atoms with E-state index in [2.05, 4.69) is 57.3 Å². The molecule has 0 aliphatic rings. The third kappa shape index (κ3) is 6.49. The molecule has 1 unspecified atom stereocenters. The maximum absolute atomic E-state index is 12.0. The van der Waals surface area contributed by atoms with Crippen molar-refractivity contribution in [2.75, 3.05) is 0 Å². The minimum absolute atomic E-state index is 0. The van der Waals surface area contributed by atoms with Gasteiger partial charge in [-0.1, -0.05) is 52.0 Å². The number of hydrogen-bond donors (Lipinski definition) is 2. The van der Waals surface area contributed by atoms with Crippen LogP contribution in [0, 0.1) is 5.92 Å². The van der Waals surface area contributed by atoms with Crippen molar-refractivity contribution in [1.82, 2.24) is 5.32 Å². The van der Waals surface area contributed by atoms with Crippen LogP contribution in [0.5, 0.6) is 0 Å². The van der Waals surface area contributed by atoms with Crippen LogP contribution in [0.3, 0.4) is 0 Å². The van der Waals surface area contributed by atoms with Crippen LogP contribution in [0.1, 0.15) is 64.1 Å². The zero-order valence-electron chi connectivity index (χ0n) is 13.7. The lowest BCUT2D eigenvalue weighted by molar-refractivity contribution is -0.123. The average molecular weight is 313 g/mol.